The summed E-state index contributed by atoms with van der Waals surface area (Å²) in [5, 5.41) is 3.64. The van der Waals surface area contributed by atoms with Crippen molar-refractivity contribution in [2.75, 3.05) is 6.54 Å². The second-order valence-corrected chi connectivity index (χ2v) is 6.51. The fourth-order valence-electron chi connectivity index (χ4n) is 1.77. The van der Waals surface area contributed by atoms with E-state index in [1.165, 1.54) is 12.1 Å². The predicted molar refractivity (Wildman–Crippen MR) is 77.0 cm³/mol. The minimum absolute atomic E-state index is 0.129. The molecule has 7 nitrogen and oxygen atoms in total. The smallest absolute Gasteiger partial charge is 0.240 e. The van der Waals surface area contributed by atoms with Crippen LogP contribution in [0, 0.1) is 6.92 Å². The molecule has 0 aliphatic carbocycles. The summed E-state index contributed by atoms with van der Waals surface area (Å²) >= 11 is 0. The summed E-state index contributed by atoms with van der Waals surface area (Å²) in [5.74, 6) is 0.932. The van der Waals surface area contributed by atoms with Crippen LogP contribution in [0.3, 0.4) is 0 Å². The van der Waals surface area contributed by atoms with Crippen molar-refractivity contribution < 1.29 is 12.9 Å². The Morgan fingerprint density at radius 1 is 1.33 bits per heavy atom. The molecule has 3 N–H and O–H groups in total. The number of aryl methyl sites for hydroxylation is 1. The lowest BCUT2D eigenvalue weighted by Crippen LogP contribution is -2.26. The molecule has 8 heteroatoms. The van der Waals surface area contributed by atoms with E-state index in [2.05, 4.69) is 14.9 Å². The SMILES string of the molecule is Cc1noc(CCNS(=O)(=O)c2ccc(C(C)N)cc2)n1. The Balaban J connectivity index is 1.97. The van der Waals surface area contributed by atoms with E-state index in [-0.39, 0.29) is 17.5 Å². The molecule has 0 amide bonds. The first-order valence-corrected chi connectivity index (χ1v) is 8.01. The number of nitrogens with zero attached hydrogens (tertiary/aromatic N) is 2. The molecule has 0 aliphatic heterocycles. The van der Waals surface area contributed by atoms with Crippen LogP contribution in [0.5, 0.6) is 0 Å². The first kappa shape index (κ1) is 15.6. The van der Waals surface area contributed by atoms with Crippen molar-refractivity contribution in [1.29, 1.82) is 0 Å². The average molecular weight is 310 g/mol. The zero-order chi connectivity index (χ0) is 15.5. The highest BCUT2D eigenvalue weighted by Gasteiger charge is 2.14. The van der Waals surface area contributed by atoms with Crippen LogP contribution in [0.2, 0.25) is 0 Å². The van der Waals surface area contributed by atoms with Crippen LogP contribution < -0.4 is 10.5 Å². The summed E-state index contributed by atoms with van der Waals surface area (Å²) in [6.45, 7) is 3.74. The number of hydrogen-bond donors (Lipinski definition) is 2. The van der Waals surface area contributed by atoms with Gasteiger partial charge in [-0.25, -0.2) is 13.1 Å². The lowest BCUT2D eigenvalue weighted by molar-refractivity contribution is 0.375. The first-order valence-electron chi connectivity index (χ1n) is 6.53. The highest BCUT2D eigenvalue weighted by atomic mass is 32.2. The summed E-state index contributed by atoms with van der Waals surface area (Å²) in [4.78, 5) is 4.21. The molecular weight excluding hydrogens is 292 g/mol. The maximum Gasteiger partial charge on any atom is 0.240 e. The van der Waals surface area contributed by atoms with Crippen molar-refractivity contribution in [1.82, 2.24) is 14.9 Å². The number of hydrogen-bond acceptors (Lipinski definition) is 6. The van der Waals surface area contributed by atoms with Gasteiger partial charge in [-0.2, -0.15) is 4.98 Å². The van der Waals surface area contributed by atoms with Gasteiger partial charge in [-0.05, 0) is 31.5 Å². The standard InChI is InChI=1S/C13H18N4O3S/c1-9(14)11-3-5-12(6-4-11)21(18,19)15-8-7-13-16-10(2)17-20-13/h3-6,9,15H,7-8,14H2,1-2H3. The average Bonchev–Trinajstić information content (AvgIpc) is 2.84. The normalized spacial score (nSPS) is 13.3. The van der Waals surface area contributed by atoms with Crippen LogP contribution in [-0.4, -0.2) is 25.1 Å². The van der Waals surface area contributed by atoms with Gasteiger partial charge >= 0.3 is 0 Å². The summed E-state index contributed by atoms with van der Waals surface area (Å²) in [7, 11) is -3.55. The molecule has 0 fully saturated rings. The highest BCUT2D eigenvalue weighted by molar-refractivity contribution is 7.89. The third-order valence-corrected chi connectivity index (χ3v) is 4.39. The molecule has 0 bridgehead atoms. The van der Waals surface area contributed by atoms with E-state index >= 15 is 0 Å². The molecule has 1 atom stereocenters. The van der Waals surface area contributed by atoms with Crippen LogP contribution in [-0.2, 0) is 16.4 Å². The van der Waals surface area contributed by atoms with Gasteiger partial charge in [0.05, 0.1) is 4.90 Å². The van der Waals surface area contributed by atoms with Crippen LogP contribution in [0.4, 0.5) is 0 Å². The van der Waals surface area contributed by atoms with Gasteiger partial charge in [0.25, 0.3) is 0 Å². The molecule has 0 spiro atoms. The van der Waals surface area contributed by atoms with Gasteiger partial charge in [-0.3, -0.25) is 0 Å². The Bertz CT molecular complexity index is 692. The highest BCUT2D eigenvalue weighted by Crippen LogP contribution is 2.14. The summed E-state index contributed by atoms with van der Waals surface area (Å²) in [6, 6.07) is 6.37. The minimum Gasteiger partial charge on any atom is -0.339 e. The lowest BCUT2D eigenvalue weighted by atomic mass is 10.1. The Kier molecular flexibility index (Phi) is 4.71. The summed E-state index contributed by atoms with van der Waals surface area (Å²) in [5.41, 5.74) is 6.62. The number of rotatable bonds is 6. The van der Waals surface area contributed by atoms with Crippen molar-refractivity contribution in [2.45, 2.75) is 31.2 Å². The van der Waals surface area contributed by atoms with Gasteiger partial charge in [0.2, 0.25) is 15.9 Å². The fraction of sp³-hybridized carbons (Fsp3) is 0.385. The monoisotopic (exact) mass is 310 g/mol. The zero-order valence-electron chi connectivity index (χ0n) is 11.9. The molecule has 0 saturated heterocycles. The van der Waals surface area contributed by atoms with E-state index in [0.29, 0.717) is 18.1 Å². The van der Waals surface area contributed by atoms with E-state index in [1.807, 2.05) is 6.92 Å². The van der Waals surface area contributed by atoms with Crippen molar-refractivity contribution >= 4 is 10.0 Å². The lowest BCUT2D eigenvalue weighted by Gasteiger charge is -2.08. The van der Waals surface area contributed by atoms with Gasteiger partial charge in [-0.1, -0.05) is 17.3 Å². The molecule has 1 unspecified atom stereocenters. The molecule has 1 heterocycles. The van der Waals surface area contributed by atoms with Gasteiger partial charge in [0.15, 0.2) is 5.82 Å². The molecule has 0 radical (unpaired) electrons. The molecule has 1 aromatic heterocycles. The van der Waals surface area contributed by atoms with E-state index in [0.717, 1.165) is 5.56 Å². The molecule has 114 valence electrons. The maximum absolute atomic E-state index is 12.1. The van der Waals surface area contributed by atoms with Crippen molar-refractivity contribution in [2.24, 2.45) is 5.73 Å². The van der Waals surface area contributed by atoms with Crippen molar-refractivity contribution in [3.8, 4) is 0 Å². The van der Waals surface area contributed by atoms with Crippen LogP contribution in [0.25, 0.3) is 0 Å². The molecule has 0 aliphatic rings. The quantitative estimate of drug-likeness (QED) is 0.820. The largest absolute Gasteiger partial charge is 0.339 e. The molecule has 21 heavy (non-hydrogen) atoms. The van der Waals surface area contributed by atoms with E-state index < -0.39 is 10.0 Å². The second-order valence-electron chi connectivity index (χ2n) is 4.74. The number of aromatic nitrogens is 2. The first-order chi connectivity index (χ1) is 9.88. The number of nitrogens with two attached hydrogens (primary N) is 1. The number of nitrogens with one attached hydrogen (secondary N) is 1. The van der Waals surface area contributed by atoms with Gasteiger partial charge in [0, 0.05) is 19.0 Å². The van der Waals surface area contributed by atoms with E-state index in [4.69, 9.17) is 10.3 Å². The van der Waals surface area contributed by atoms with Gasteiger partial charge in [0.1, 0.15) is 0 Å². The van der Waals surface area contributed by atoms with E-state index in [1.54, 1.807) is 19.1 Å². The van der Waals surface area contributed by atoms with Crippen LogP contribution in [0.15, 0.2) is 33.7 Å². The molecule has 0 saturated carbocycles. The molecule has 1 aromatic carbocycles. The predicted octanol–water partition coefficient (Wildman–Crippen LogP) is 0.919. The van der Waals surface area contributed by atoms with Crippen molar-refractivity contribution in [3.05, 3.63) is 41.5 Å². The van der Waals surface area contributed by atoms with Crippen molar-refractivity contribution in [3.63, 3.8) is 0 Å². The summed E-state index contributed by atoms with van der Waals surface area (Å²) < 4.78 is 31.6. The topological polar surface area (TPSA) is 111 Å². The minimum atomic E-state index is -3.55. The Labute approximate surface area is 123 Å². The Morgan fingerprint density at radius 3 is 2.52 bits per heavy atom. The van der Waals surface area contributed by atoms with E-state index in [9.17, 15) is 8.42 Å². The summed E-state index contributed by atoms with van der Waals surface area (Å²) in [6.07, 6.45) is 0.345. The fourth-order valence-corrected chi connectivity index (χ4v) is 2.80. The molecule has 2 aromatic rings. The number of sulfonamides is 1. The number of benzene rings is 1. The zero-order valence-corrected chi connectivity index (χ0v) is 12.7. The van der Waals surface area contributed by atoms with Gasteiger partial charge in [-0.15, -0.1) is 0 Å². The third kappa shape index (κ3) is 4.10. The van der Waals surface area contributed by atoms with Crippen LogP contribution >= 0.6 is 0 Å². The Morgan fingerprint density at radius 2 is 2.00 bits per heavy atom. The van der Waals surface area contributed by atoms with Gasteiger partial charge < -0.3 is 10.3 Å². The Hall–Kier alpha value is -1.77. The van der Waals surface area contributed by atoms with Crippen LogP contribution in [0.1, 0.15) is 30.2 Å². The third-order valence-electron chi connectivity index (χ3n) is 2.92. The second kappa shape index (κ2) is 6.33. The molecule has 2 rings (SSSR count). The maximum atomic E-state index is 12.1. The molecular formula is C13H18N4O3S.